The molecule has 1 aromatic heterocycles. The predicted molar refractivity (Wildman–Crippen MR) is 56.7 cm³/mol. The molecule has 0 spiro atoms. The van der Waals surface area contributed by atoms with Gasteiger partial charge in [-0.05, 0) is 30.7 Å². The molecule has 2 rings (SSSR count). The highest BCUT2D eigenvalue weighted by molar-refractivity contribution is 6.68. The van der Waals surface area contributed by atoms with Gasteiger partial charge in [-0.3, -0.25) is 9.78 Å². The van der Waals surface area contributed by atoms with Crippen LogP contribution < -0.4 is 0 Å². The Morgan fingerprint density at radius 1 is 1.36 bits per heavy atom. The second-order valence-electron chi connectivity index (χ2n) is 3.10. The Kier molecular flexibility index (Phi) is 2.22. The van der Waals surface area contributed by atoms with Gasteiger partial charge in [0, 0.05) is 16.6 Å². The third-order valence-electron chi connectivity index (χ3n) is 2.06. The van der Waals surface area contributed by atoms with Crippen LogP contribution in [0.4, 0.5) is 0 Å². The van der Waals surface area contributed by atoms with Gasteiger partial charge in [0.25, 0.3) is 5.24 Å². The Balaban J connectivity index is 2.87. The fourth-order valence-electron chi connectivity index (χ4n) is 1.47. The van der Waals surface area contributed by atoms with Gasteiger partial charge in [0.05, 0.1) is 5.52 Å². The summed E-state index contributed by atoms with van der Waals surface area (Å²) in [5, 5.41) is 0.366. The van der Waals surface area contributed by atoms with Crippen LogP contribution in [0.15, 0.2) is 30.3 Å². The number of hydrogen-bond donors (Lipinski definition) is 0. The maximum absolute atomic E-state index is 11.1. The van der Waals surface area contributed by atoms with E-state index in [0.29, 0.717) is 5.56 Å². The van der Waals surface area contributed by atoms with Gasteiger partial charge >= 0.3 is 0 Å². The second-order valence-corrected chi connectivity index (χ2v) is 3.45. The number of aromatic nitrogens is 1. The van der Waals surface area contributed by atoms with E-state index in [1.807, 2.05) is 31.2 Å². The number of pyridine rings is 1. The molecule has 0 amide bonds. The molecule has 0 atom stereocenters. The summed E-state index contributed by atoms with van der Waals surface area (Å²) >= 11 is 5.49. The average molecular weight is 206 g/mol. The number of halogens is 1. The third-order valence-corrected chi connectivity index (χ3v) is 2.26. The largest absolute Gasteiger partial charge is 0.276 e. The standard InChI is InChI=1S/C11H8ClNO/c1-7-6-9(11(12)14)8-4-2-3-5-10(8)13-7/h2-6H,1H3. The van der Waals surface area contributed by atoms with Crippen molar-refractivity contribution in [3.8, 4) is 0 Å². The Bertz CT molecular complexity index is 508. The lowest BCUT2D eigenvalue weighted by molar-refractivity contribution is 0.108. The second kappa shape index (κ2) is 3.39. The molecule has 1 heterocycles. The van der Waals surface area contributed by atoms with E-state index in [1.54, 1.807) is 6.07 Å². The molecule has 0 aliphatic rings. The monoisotopic (exact) mass is 205 g/mol. The summed E-state index contributed by atoms with van der Waals surface area (Å²) in [6, 6.07) is 9.17. The molecule has 0 N–H and O–H groups in total. The Morgan fingerprint density at radius 2 is 2.07 bits per heavy atom. The van der Waals surface area contributed by atoms with E-state index in [1.165, 1.54) is 0 Å². The van der Waals surface area contributed by atoms with Gasteiger partial charge in [-0.25, -0.2) is 0 Å². The fraction of sp³-hybridized carbons (Fsp3) is 0.0909. The van der Waals surface area contributed by atoms with Gasteiger partial charge in [-0.1, -0.05) is 18.2 Å². The summed E-state index contributed by atoms with van der Waals surface area (Å²) in [6.45, 7) is 1.84. The van der Waals surface area contributed by atoms with Crippen LogP contribution >= 0.6 is 11.6 Å². The Labute approximate surface area is 86.5 Å². The first-order chi connectivity index (χ1) is 6.68. The minimum absolute atomic E-state index is 0.438. The summed E-state index contributed by atoms with van der Waals surface area (Å²) in [7, 11) is 0. The number of rotatable bonds is 1. The van der Waals surface area contributed by atoms with Crippen molar-refractivity contribution in [3.05, 3.63) is 41.6 Å². The number of aryl methyl sites for hydroxylation is 1. The number of nitrogens with zero attached hydrogens (tertiary/aromatic N) is 1. The van der Waals surface area contributed by atoms with E-state index in [0.717, 1.165) is 16.6 Å². The molecule has 0 aliphatic heterocycles. The normalized spacial score (nSPS) is 10.4. The zero-order valence-corrected chi connectivity index (χ0v) is 8.38. The van der Waals surface area contributed by atoms with Crippen molar-refractivity contribution in [2.75, 3.05) is 0 Å². The van der Waals surface area contributed by atoms with E-state index >= 15 is 0 Å². The summed E-state index contributed by atoms with van der Waals surface area (Å²) < 4.78 is 0. The first-order valence-corrected chi connectivity index (χ1v) is 4.62. The molecule has 0 radical (unpaired) electrons. The molecule has 3 heteroatoms. The molecule has 70 valence electrons. The molecule has 0 unspecified atom stereocenters. The molecule has 14 heavy (non-hydrogen) atoms. The number of carbonyl (C=O) groups is 1. The SMILES string of the molecule is Cc1cc(C(=O)Cl)c2ccccc2n1. The molecule has 2 aromatic rings. The molecule has 0 saturated heterocycles. The first-order valence-electron chi connectivity index (χ1n) is 4.25. The van der Waals surface area contributed by atoms with E-state index < -0.39 is 5.24 Å². The minimum atomic E-state index is -0.438. The zero-order valence-electron chi connectivity index (χ0n) is 7.62. The smallest absolute Gasteiger partial charge is 0.253 e. The van der Waals surface area contributed by atoms with Crippen molar-refractivity contribution < 1.29 is 4.79 Å². The topological polar surface area (TPSA) is 30.0 Å². The average Bonchev–Trinajstić information content (AvgIpc) is 2.16. The van der Waals surface area contributed by atoms with Crippen LogP contribution in [-0.2, 0) is 0 Å². The molecule has 2 nitrogen and oxygen atoms in total. The van der Waals surface area contributed by atoms with Gasteiger partial charge in [-0.2, -0.15) is 0 Å². The number of para-hydroxylation sites is 1. The zero-order chi connectivity index (χ0) is 10.1. The van der Waals surface area contributed by atoms with Crippen molar-refractivity contribution in [2.24, 2.45) is 0 Å². The summed E-state index contributed by atoms with van der Waals surface area (Å²) in [4.78, 5) is 15.5. The summed E-state index contributed by atoms with van der Waals surface area (Å²) in [5.41, 5.74) is 2.12. The maximum Gasteiger partial charge on any atom is 0.253 e. The third kappa shape index (κ3) is 1.49. The van der Waals surface area contributed by atoms with E-state index in [4.69, 9.17) is 11.6 Å². The van der Waals surface area contributed by atoms with Gasteiger partial charge in [0.2, 0.25) is 0 Å². The van der Waals surface area contributed by atoms with Crippen molar-refractivity contribution in [1.29, 1.82) is 0 Å². The van der Waals surface area contributed by atoms with Gasteiger partial charge in [-0.15, -0.1) is 0 Å². The lowest BCUT2D eigenvalue weighted by Crippen LogP contribution is -1.94. The van der Waals surface area contributed by atoms with E-state index in [-0.39, 0.29) is 0 Å². The van der Waals surface area contributed by atoms with Crippen LogP contribution in [0.1, 0.15) is 16.1 Å². The lowest BCUT2D eigenvalue weighted by Gasteiger charge is -2.02. The molecule has 1 aromatic carbocycles. The van der Waals surface area contributed by atoms with Crippen molar-refractivity contribution in [1.82, 2.24) is 4.98 Å². The molecule has 0 fully saturated rings. The van der Waals surface area contributed by atoms with Crippen LogP contribution in [0.2, 0.25) is 0 Å². The van der Waals surface area contributed by atoms with Crippen LogP contribution in [0.5, 0.6) is 0 Å². The van der Waals surface area contributed by atoms with Crippen LogP contribution in [0, 0.1) is 6.92 Å². The van der Waals surface area contributed by atoms with Crippen LogP contribution in [0.3, 0.4) is 0 Å². The lowest BCUT2D eigenvalue weighted by atomic mass is 10.1. The van der Waals surface area contributed by atoms with E-state index in [2.05, 4.69) is 4.98 Å². The Hall–Kier alpha value is -1.41. The Morgan fingerprint density at radius 3 is 2.79 bits per heavy atom. The highest BCUT2D eigenvalue weighted by Crippen LogP contribution is 2.19. The van der Waals surface area contributed by atoms with Crippen LogP contribution in [-0.4, -0.2) is 10.2 Å². The predicted octanol–water partition coefficient (Wildman–Crippen LogP) is 2.92. The fourth-order valence-corrected chi connectivity index (χ4v) is 1.63. The number of benzene rings is 1. The molecular formula is C11H8ClNO. The minimum Gasteiger partial charge on any atom is -0.276 e. The van der Waals surface area contributed by atoms with Crippen LogP contribution in [0.25, 0.3) is 10.9 Å². The molecule has 0 saturated carbocycles. The molecular weight excluding hydrogens is 198 g/mol. The molecule has 0 aliphatic carbocycles. The van der Waals surface area contributed by atoms with Gasteiger partial charge < -0.3 is 0 Å². The van der Waals surface area contributed by atoms with Crippen molar-refractivity contribution in [3.63, 3.8) is 0 Å². The first kappa shape index (κ1) is 9.16. The maximum atomic E-state index is 11.1. The number of fused-ring (bicyclic) bond motifs is 1. The van der Waals surface area contributed by atoms with Gasteiger partial charge in [0.1, 0.15) is 0 Å². The number of hydrogen-bond acceptors (Lipinski definition) is 2. The quantitative estimate of drug-likeness (QED) is 0.670. The highest BCUT2D eigenvalue weighted by Gasteiger charge is 2.08. The number of carbonyl (C=O) groups excluding carboxylic acids is 1. The van der Waals surface area contributed by atoms with Crippen molar-refractivity contribution >= 4 is 27.7 Å². The summed E-state index contributed by atoms with van der Waals surface area (Å²) in [6.07, 6.45) is 0. The highest BCUT2D eigenvalue weighted by atomic mass is 35.5. The van der Waals surface area contributed by atoms with Crippen molar-refractivity contribution in [2.45, 2.75) is 6.92 Å². The van der Waals surface area contributed by atoms with Gasteiger partial charge in [0.15, 0.2) is 0 Å². The van der Waals surface area contributed by atoms with E-state index in [9.17, 15) is 4.79 Å². The summed E-state index contributed by atoms with van der Waals surface area (Å²) in [5.74, 6) is 0. The molecule has 0 bridgehead atoms.